The molecule has 1 saturated heterocycles. The van der Waals surface area contributed by atoms with Crippen molar-refractivity contribution >= 4 is 5.91 Å². The van der Waals surface area contributed by atoms with Gasteiger partial charge in [0, 0.05) is 32.0 Å². The summed E-state index contributed by atoms with van der Waals surface area (Å²) in [6.45, 7) is 1.58. The van der Waals surface area contributed by atoms with Gasteiger partial charge in [-0.25, -0.2) is 0 Å². The molecule has 96 valence electrons. The van der Waals surface area contributed by atoms with Crippen LogP contribution in [0.4, 0.5) is 0 Å². The number of hydrogen-bond acceptors (Lipinski definition) is 3. The van der Waals surface area contributed by atoms with Crippen LogP contribution in [0.15, 0.2) is 24.3 Å². The van der Waals surface area contributed by atoms with Gasteiger partial charge in [0.15, 0.2) is 0 Å². The third-order valence-electron chi connectivity index (χ3n) is 3.61. The van der Waals surface area contributed by atoms with Crippen LogP contribution >= 0.6 is 0 Å². The van der Waals surface area contributed by atoms with E-state index < -0.39 is 0 Å². The van der Waals surface area contributed by atoms with Crippen molar-refractivity contribution in [3.05, 3.63) is 29.8 Å². The molecule has 1 aromatic carbocycles. The van der Waals surface area contributed by atoms with E-state index in [-0.39, 0.29) is 12.0 Å². The summed E-state index contributed by atoms with van der Waals surface area (Å²) in [6.07, 6.45) is 2.75. The van der Waals surface area contributed by atoms with Crippen molar-refractivity contribution in [1.29, 1.82) is 0 Å². The summed E-state index contributed by atoms with van der Waals surface area (Å²) in [5.41, 5.74) is 1.29. The lowest BCUT2D eigenvalue weighted by Gasteiger charge is -2.24. The number of para-hydroxylation sites is 1. The van der Waals surface area contributed by atoms with Gasteiger partial charge in [-0.15, -0.1) is 0 Å². The molecular formula is C14H18N2O2. The highest BCUT2D eigenvalue weighted by Gasteiger charge is 2.24. The molecule has 2 unspecified atom stereocenters. The zero-order valence-corrected chi connectivity index (χ0v) is 10.3. The van der Waals surface area contributed by atoms with Crippen LogP contribution in [0.2, 0.25) is 0 Å². The van der Waals surface area contributed by atoms with Crippen LogP contribution in [0.1, 0.15) is 18.4 Å². The van der Waals surface area contributed by atoms with E-state index in [1.54, 1.807) is 0 Å². The molecule has 0 aliphatic carbocycles. The lowest BCUT2D eigenvalue weighted by Crippen LogP contribution is -2.48. The van der Waals surface area contributed by atoms with Gasteiger partial charge < -0.3 is 15.4 Å². The number of amides is 1. The number of benzene rings is 1. The molecule has 2 aliphatic rings. The Hall–Kier alpha value is -1.55. The fraction of sp³-hybridized carbons (Fsp3) is 0.500. The summed E-state index contributed by atoms with van der Waals surface area (Å²) in [7, 11) is 0. The second-order valence-electron chi connectivity index (χ2n) is 5.00. The zero-order valence-electron chi connectivity index (χ0n) is 10.3. The Kier molecular flexibility index (Phi) is 3.19. The first-order valence-corrected chi connectivity index (χ1v) is 6.56. The molecular weight excluding hydrogens is 228 g/mol. The van der Waals surface area contributed by atoms with E-state index in [0.29, 0.717) is 12.5 Å². The number of nitrogens with one attached hydrogen (secondary N) is 2. The average molecular weight is 246 g/mol. The Morgan fingerprint density at radius 3 is 3.06 bits per heavy atom. The van der Waals surface area contributed by atoms with Gasteiger partial charge in [0.2, 0.25) is 5.91 Å². The van der Waals surface area contributed by atoms with Crippen molar-refractivity contribution in [3.8, 4) is 5.75 Å². The monoisotopic (exact) mass is 246 g/mol. The van der Waals surface area contributed by atoms with E-state index in [1.165, 1.54) is 5.56 Å². The van der Waals surface area contributed by atoms with Crippen molar-refractivity contribution < 1.29 is 9.53 Å². The molecule has 1 fully saturated rings. The number of piperidine rings is 1. The van der Waals surface area contributed by atoms with Crippen molar-refractivity contribution in [2.24, 2.45) is 0 Å². The lowest BCUT2D eigenvalue weighted by atomic mass is 10.1. The van der Waals surface area contributed by atoms with Gasteiger partial charge in [-0.05, 0) is 18.1 Å². The normalized spacial score (nSPS) is 26.3. The molecule has 0 radical (unpaired) electrons. The number of rotatable bonds is 3. The molecule has 2 heterocycles. The zero-order chi connectivity index (χ0) is 12.4. The molecule has 3 rings (SSSR count). The summed E-state index contributed by atoms with van der Waals surface area (Å²) in [4.78, 5) is 11.1. The molecule has 4 heteroatoms. The fourth-order valence-corrected chi connectivity index (χ4v) is 2.57. The van der Waals surface area contributed by atoms with E-state index in [1.807, 2.05) is 12.1 Å². The van der Waals surface area contributed by atoms with Gasteiger partial charge in [-0.3, -0.25) is 4.79 Å². The second-order valence-corrected chi connectivity index (χ2v) is 5.00. The minimum absolute atomic E-state index is 0.164. The van der Waals surface area contributed by atoms with E-state index in [2.05, 4.69) is 22.8 Å². The van der Waals surface area contributed by atoms with Crippen molar-refractivity contribution in [1.82, 2.24) is 10.6 Å². The summed E-state index contributed by atoms with van der Waals surface area (Å²) >= 11 is 0. The Labute approximate surface area is 107 Å². The van der Waals surface area contributed by atoms with Gasteiger partial charge >= 0.3 is 0 Å². The average Bonchev–Trinajstić information content (AvgIpc) is 2.81. The maximum atomic E-state index is 11.1. The maximum absolute atomic E-state index is 11.1. The van der Waals surface area contributed by atoms with Gasteiger partial charge in [-0.1, -0.05) is 18.2 Å². The number of carbonyl (C=O) groups excluding carboxylic acids is 1. The van der Waals surface area contributed by atoms with E-state index >= 15 is 0 Å². The predicted octanol–water partition coefficient (Wildman–Crippen LogP) is 0.858. The minimum Gasteiger partial charge on any atom is -0.488 e. The highest BCUT2D eigenvalue weighted by atomic mass is 16.5. The summed E-state index contributed by atoms with van der Waals surface area (Å²) < 4.78 is 5.87. The van der Waals surface area contributed by atoms with Crippen LogP contribution in [0.3, 0.4) is 0 Å². The summed E-state index contributed by atoms with van der Waals surface area (Å²) in [6, 6.07) is 8.58. The van der Waals surface area contributed by atoms with Gasteiger partial charge in [-0.2, -0.15) is 0 Å². The number of hydrogen-bond donors (Lipinski definition) is 2. The Balaban J connectivity index is 1.47. The molecule has 0 aromatic heterocycles. The fourth-order valence-electron chi connectivity index (χ4n) is 2.57. The third kappa shape index (κ3) is 2.48. The highest BCUT2D eigenvalue weighted by molar-refractivity contribution is 5.76. The molecule has 1 aromatic rings. The first-order chi connectivity index (χ1) is 8.81. The van der Waals surface area contributed by atoms with Gasteiger partial charge in [0.25, 0.3) is 0 Å². The standard InChI is InChI=1S/C14H18N2O2/c17-14-6-5-11(8-16-14)15-9-12-7-10-3-1-2-4-13(10)18-12/h1-4,11-12,15H,5-9H2,(H,16,17). The quantitative estimate of drug-likeness (QED) is 0.831. The van der Waals surface area contributed by atoms with Crippen molar-refractivity contribution in [2.75, 3.05) is 13.1 Å². The van der Waals surface area contributed by atoms with E-state index in [9.17, 15) is 4.79 Å². The van der Waals surface area contributed by atoms with E-state index in [4.69, 9.17) is 4.74 Å². The van der Waals surface area contributed by atoms with Crippen LogP contribution < -0.4 is 15.4 Å². The van der Waals surface area contributed by atoms with Crippen LogP contribution in [0.5, 0.6) is 5.75 Å². The highest BCUT2D eigenvalue weighted by Crippen LogP contribution is 2.27. The van der Waals surface area contributed by atoms with Crippen molar-refractivity contribution in [2.45, 2.75) is 31.4 Å². The molecule has 0 spiro atoms. The molecule has 18 heavy (non-hydrogen) atoms. The number of ether oxygens (including phenoxy) is 1. The Bertz CT molecular complexity index is 412. The van der Waals surface area contributed by atoms with Gasteiger partial charge in [0.1, 0.15) is 11.9 Å². The molecule has 4 nitrogen and oxygen atoms in total. The first-order valence-electron chi connectivity index (χ1n) is 6.56. The third-order valence-corrected chi connectivity index (χ3v) is 3.61. The molecule has 2 N–H and O–H groups in total. The van der Waals surface area contributed by atoms with Crippen LogP contribution in [0, 0.1) is 0 Å². The molecule has 0 bridgehead atoms. The first kappa shape index (κ1) is 11.5. The Morgan fingerprint density at radius 1 is 1.39 bits per heavy atom. The molecule has 2 aliphatic heterocycles. The lowest BCUT2D eigenvalue weighted by molar-refractivity contribution is -0.122. The van der Waals surface area contributed by atoms with Crippen molar-refractivity contribution in [3.63, 3.8) is 0 Å². The minimum atomic E-state index is 0.164. The largest absolute Gasteiger partial charge is 0.488 e. The van der Waals surface area contributed by atoms with Crippen LogP contribution in [-0.2, 0) is 11.2 Å². The van der Waals surface area contributed by atoms with Crippen LogP contribution in [-0.4, -0.2) is 31.1 Å². The topological polar surface area (TPSA) is 50.4 Å². The molecule has 2 atom stereocenters. The summed E-state index contributed by atoms with van der Waals surface area (Å²) in [5.74, 6) is 1.18. The molecule has 0 saturated carbocycles. The SMILES string of the molecule is O=C1CCC(NCC2Cc3ccccc3O2)CN1. The smallest absolute Gasteiger partial charge is 0.220 e. The predicted molar refractivity (Wildman–Crippen MR) is 68.6 cm³/mol. The second kappa shape index (κ2) is 4.98. The van der Waals surface area contributed by atoms with Crippen LogP contribution in [0.25, 0.3) is 0 Å². The number of carbonyl (C=O) groups is 1. The summed E-state index contributed by atoms with van der Waals surface area (Å²) in [5, 5.41) is 6.36. The van der Waals surface area contributed by atoms with E-state index in [0.717, 1.165) is 31.7 Å². The number of fused-ring (bicyclic) bond motifs is 1. The van der Waals surface area contributed by atoms with Gasteiger partial charge in [0.05, 0.1) is 0 Å². The molecule has 1 amide bonds. The Morgan fingerprint density at radius 2 is 2.28 bits per heavy atom. The maximum Gasteiger partial charge on any atom is 0.220 e.